The fraction of sp³-hybridized carbons (Fsp3) is 1.00. The minimum absolute atomic E-state index is 0.653. The van der Waals surface area contributed by atoms with Crippen molar-refractivity contribution in [1.82, 2.24) is 5.32 Å². The molecule has 2 fully saturated rings. The van der Waals surface area contributed by atoms with Crippen LogP contribution in [0.4, 0.5) is 0 Å². The van der Waals surface area contributed by atoms with Gasteiger partial charge in [-0.2, -0.15) is 11.8 Å². The predicted octanol–water partition coefficient (Wildman–Crippen LogP) is 0.781. The molecule has 0 radical (unpaired) electrons. The zero-order valence-corrected chi connectivity index (χ0v) is 8.05. The monoisotopic (exact) mass is 191 g/mol. The average molecular weight is 191 g/mol. The van der Waals surface area contributed by atoms with E-state index in [4.69, 9.17) is 4.74 Å². The molecule has 1 N–H and O–H groups in total. The molecule has 4 heteroatoms. The van der Waals surface area contributed by atoms with Crippen molar-refractivity contribution < 1.29 is 4.74 Å². The summed E-state index contributed by atoms with van der Waals surface area (Å²) in [7, 11) is 0. The second-order valence-corrected chi connectivity index (χ2v) is 5.33. The molecule has 0 bridgehead atoms. The van der Waals surface area contributed by atoms with Crippen LogP contribution in [0.3, 0.4) is 0 Å². The van der Waals surface area contributed by atoms with Gasteiger partial charge in [-0.3, -0.25) is 0 Å². The molecular weight excluding hydrogens is 178 g/mol. The summed E-state index contributed by atoms with van der Waals surface area (Å²) in [6.45, 7) is 3.06. The van der Waals surface area contributed by atoms with Gasteiger partial charge in [0, 0.05) is 18.1 Å². The second kappa shape index (κ2) is 4.03. The van der Waals surface area contributed by atoms with Gasteiger partial charge in [0.05, 0.1) is 23.8 Å². The highest BCUT2D eigenvalue weighted by Crippen LogP contribution is 2.28. The van der Waals surface area contributed by atoms with Gasteiger partial charge in [0.2, 0.25) is 0 Å². The van der Waals surface area contributed by atoms with Crippen LogP contribution in [0.2, 0.25) is 0 Å². The molecule has 64 valence electrons. The van der Waals surface area contributed by atoms with E-state index in [9.17, 15) is 0 Å². The molecule has 0 aromatic carbocycles. The van der Waals surface area contributed by atoms with E-state index in [-0.39, 0.29) is 0 Å². The van der Waals surface area contributed by atoms with Gasteiger partial charge in [-0.25, -0.2) is 0 Å². The summed E-state index contributed by atoms with van der Waals surface area (Å²) >= 11 is 4.09. The van der Waals surface area contributed by atoms with Gasteiger partial charge in [-0.1, -0.05) is 0 Å². The fourth-order valence-electron chi connectivity index (χ4n) is 1.37. The summed E-state index contributed by atoms with van der Waals surface area (Å²) in [5.74, 6) is 2.44. The predicted molar refractivity (Wildman–Crippen MR) is 51.3 cm³/mol. The van der Waals surface area contributed by atoms with Crippen LogP contribution in [-0.4, -0.2) is 41.9 Å². The highest BCUT2D eigenvalue weighted by atomic mass is 32.2. The zero-order chi connectivity index (χ0) is 7.52. The summed E-state index contributed by atoms with van der Waals surface area (Å²) in [4.78, 5) is 0. The first-order chi connectivity index (χ1) is 5.47. The van der Waals surface area contributed by atoms with Crippen LogP contribution < -0.4 is 5.32 Å². The van der Waals surface area contributed by atoms with Gasteiger partial charge in [-0.05, 0) is 0 Å². The molecule has 0 saturated carbocycles. The molecule has 2 saturated heterocycles. The maximum atomic E-state index is 5.42. The Labute approximate surface area is 75.8 Å². The molecule has 2 atom stereocenters. The van der Waals surface area contributed by atoms with Crippen molar-refractivity contribution in [3.05, 3.63) is 0 Å². The quantitative estimate of drug-likeness (QED) is 0.661. The van der Waals surface area contributed by atoms with Gasteiger partial charge >= 0.3 is 0 Å². The Morgan fingerprint density at radius 2 is 2.27 bits per heavy atom. The van der Waals surface area contributed by atoms with Crippen LogP contribution >= 0.6 is 23.5 Å². The van der Waals surface area contributed by atoms with E-state index in [0.717, 1.165) is 13.2 Å². The van der Waals surface area contributed by atoms with E-state index in [2.05, 4.69) is 17.1 Å². The summed E-state index contributed by atoms with van der Waals surface area (Å²) in [5.41, 5.74) is 0. The van der Waals surface area contributed by atoms with Gasteiger partial charge in [-0.15, -0.1) is 11.8 Å². The Kier molecular flexibility index (Phi) is 3.01. The lowest BCUT2D eigenvalue weighted by molar-refractivity contribution is 0.141. The Balaban J connectivity index is 1.82. The molecule has 0 amide bonds. The molecule has 0 aliphatic carbocycles. The summed E-state index contributed by atoms with van der Waals surface area (Å²) in [6, 6.07) is 0. The van der Waals surface area contributed by atoms with Crippen molar-refractivity contribution in [2.75, 3.05) is 31.3 Å². The lowest BCUT2D eigenvalue weighted by Crippen LogP contribution is -2.36. The normalized spacial score (nSPS) is 39.3. The molecule has 2 rings (SSSR count). The molecule has 11 heavy (non-hydrogen) atoms. The standard InChI is InChI=1S/C7H13NOS2/c1-3-11-7(8-1)6-5-9-2-4-10-6/h6-8H,1-5H2. The SMILES string of the molecule is C1CSC(C2COCCS2)N1. The summed E-state index contributed by atoms with van der Waals surface area (Å²) in [5, 5.41) is 4.83. The Bertz CT molecular complexity index is 122. The Morgan fingerprint density at radius 1 is 1.27 bits per heavy atom. The molecule has 2 aliphatic heterocycles. The molecule has 0 aromatic heterocycles. The third-order valence-electron chi connectivity index (χ3n) is 1.92. The molecule has 0 spiro atoms. The van der Waals surface area contributed by atoms with Crippen molar-refractivity contribution in [3.8, 4) is 0 Å². The number of hydrogen-bond donors (Lipinski definition) is 1. The van der Waals surface area contributed by atoms with Gasteiger partial charge in [0.15, 0.2) is 0 Å². The first-order valence-corrected chi connectivity index (χ1v) is 6.11. The van der Waals surface area contributed by atoms with Crippen LogP contribution in [0.1, 0.15) is 0 Å². The first kappa shape index (κ1) is 8.23. The van der Waals surface area contributed by atoms with Crippen molar-refractivity contribution in [2.24, 2.45) is 0 Å². The molecule has 0 aromatic rings. The highest BCUT2D eigenvalue weighted by Gasteiger charge is 2.27. The molecule has 2 nitrogen and oxygen atoms in total. The average Bonchev–Trinajstić information content (AvgIpc) is 2.58. The molecular formula is C7H13NOS2. The second-order valence-electron chi connectivity index (χ2n) is 2.73. The van der Waals surface area contributed by atoms with E-state index < -0.39 is 0 Å². The van der Waals surface area contributed by atoms with Gasteiger partial charge < -0.3 is 10.1 Å². The fourth-order valence-corrected chi connectivity index (χ4v) is 3.84. The van der Waals surface area contributed by atoms with Crippen molar-refractivity contribution in [1.29, 1.82) is 0 Å². The number of thioether (sulfide) groups is 2. The summed E-state index contributed by atoms with van der Waals surface area (Å²) < 4.78 is 5.42. The van der Waals surface area contributed by atoms with E-state index in [1.807, 2.05) is 11.8 Å². The van der Waals surface area contributed by atoms with Crippen molar-refractivity contribution in [3.63, 3.8) is 0 Å². The largest absolute Gasteiger partial charge is 0.379 e. The minimum atomic E-state index is 0.653. The topological polar surface area (TPSA) is 21.3 Å². The zero-order valence-electron chi connectivity index (χ0n) is 6.41. The maximum Gasteiger partial charge on any atom is 0.0675 e. The third kappa shape index (κ3) is 2.05. The Morgan fingerprint density at radius 3 is 2.91 bits per heavy atom. The van der Waals surface area contributed by atoms with Crippen LogP contribution in [0.25, 0.3) is 0 Å². The molecule has 2 aliphatic rings. The van der Waals surface area contributed by atoms with E-state index in [0.29, 0.717) is 10.6 Å². The van der Waals surface area contributed by atoms with Crippen LogP contribution in [0.15, 0.2) is 0 Å². The minimum Gasteiger partial charge on any atom is -0.379 e. The number of hydrogen-bond acceptors (Lipinski definition) is 4. The third-order valence-corrected chi connectivity index (χ3v) is 4.63. The van der Waals surface area contributed by atoms with E-state index >= 15 is 0 Å². The van der Waals surface area contributed by atoms with Gasteiger partial charge in [0.25, 0.3) is 0 Å². The lowest BCUT2D eigenvalue weighted by atomic mass is 10.4. The first-order valence-electron chi connectivity index (χ1n) is 4.01. The number of ether oxygens (including phenoxy) is 1. The molecule has 2 heterocycles. The van der Waals surface area contributed by atoms with Gasteiger partial charge in [0.1, 0.15) is 0 Å². The van der Waals surface area contributed by atoms with Crippen LogP contribution in [0.5, 0.6) is 0 Å². The maximum absolute atomic E-state index is 5.42. The van der Waals surface area contributed by atoms with Crippen molar-refractivity contribution in [2.45, 2.75) is 10.6 Å². The number of rotatable bonds is 1. The summed E-state index contributed by atoms with van der Waals surface area (Å²) in [6.07, 6.45) is 0. The lowest BCUT2D eigenvalue weighted by Gasteiger charge is -2.26. The molecule has 2 unspecified atom stereocenters. The van der Waals surface area contributed by atoms with Crippen LogP contribution in [-0.2, 0) is 4.74 Å². The van der Waals surface area contributed by atoms with E-state index in [1.165, 1.54) is 18.1 Å². The van der Waals surface area contributed by atoms with Crippen molar-refractivity contribution >= 4 is 23.5 Å². The number of nitrogens with one attached hydrogen (secondary N) is 1. The Hall–Kier alpha value is 0.620. The van der Waals surface area contributed by atoms with Crippen LogP contribution in [0, 0.1) is 0 Å². The highest BCUT2D eigenvalue weighted by molar-refractivity contribution is 8.03. The van der Waals surface area contributed by atoms with E-state index in [1.54, 1.807) is 0 Å². The smallest absolute Gasteiger partial charge is 0.0675 e.